The van der Waals surface area contributed by atoms with E-state index >= 15 is 0 Å². The van der Waals surface area contributed by atoms with Crippen molar-refractivity contribution in [1.82, 2.24) is 14.9 Å². The first-order valence-electron chi connectivity index (χ1n) is 6.84. The van der Waals surface area contributed by atoms with Gasteiger partial charge in [0.25, 0.3) is 0 Å². The number of halogens is 1. The molecule has 1 aromatic rings. The Morgan fingerprint density at radius 1 is 1.26 bits per heavy atom. The van der Waals surface area contributed by atoms with Gasteiger partial charge >= 0.3 is 0 Å². The van der Waals surface area contributed by atoms with Crippen LogP contribution in [0.2, 0.25) is 0 Å². The quantitative estimate of drug-likeness (QED) is 0.826. The monoisotopic (exact) mass is 328 g/mol. The molecule has 0 unspecified atom stereocenters. The van der Waals surface area contributed by atoms with E-state index < -0.39 is 0 Å². The molecule has 0 atom stereocenters. The molecule has 0 aliphatic carbocycles. The van der Waals surface area contributed by atoms with Crippen LogP contribution < -0.4 is 4.90 Å². The molecule has 1 fully saturated rings. The molecule has 1 saturated heterocycles. The standard InChI is InChI=1S/C13H21BrN4O/c1-2-3-12-15-11(14)10-13(16-12)18-6-4-17(5-7-18)8-9-19/h10,19H,2-9H2,1H3. The van der Waals surface area contributed by atoms with Gasteiger partial charge < -0.3 is 10.0 Å². The van der Waals surface area contributed by atoms with Gasteiger partial charge in [0.2, 0.25) is 0 Å². The molecule has 0 saturated carbocycles. The number of aryl methyl sites for hydroxylation is 1. The lowest BCUT2D eigenvalue weighted by Crippen LogP contribution is -2.47. The highest BCUT2D eigenvalue weighted by atomic mass is 79.9. The third-order valence-electron chi connectivity index (χ3n) is 3.31. The van der Waals surface area contributed by atoms with E-state index in [9.17, 15) is 0 Å². The predicted octanol–water partition coefficient (Wildman–Crippen LogP) is 1.31. The minimum absolute atomic E-state index is 0.236. The fraction of sp³-hybridized carbons (Fsp3) is 0.692. The van der Waals surface area contributed by atoms with Gasteiger partial charge in [-0.05, 0) is 22.4 Å². The van der Waals surface area contributed by atoms with Crippen LogP contribution in [-0.2, 0) is 6.42 Å². The van der Waals surface area contributed by atoms with Gasteiger partial charge in [-0.15, -0.1) is 0 Å². The van der Waals surface area contributed by atoms with Crippen molar-refractivity contribution in [3.63, 3.8) is 0 Å². The summed E-state index contributed by atoms with van der Waals surface area (Å²) in [4.78, 5) is 13.6. The van der Waals surface area contributed by atoms with Crippen LogP contribution in [0.25, 0.3) is 0 Å². The lowest BCUT2D eigenvalue weighted by atomic mass is 10.3. The molecule has 106 valence electrons. The molecule has 0 aromatic carbocycles. The molecule has 0 amide bonds. The molecule has 0 radical (unpaired) electrons. The number of nitrogens with zero attached hydrogens (tertiary/aromatic N) is 4. The number of hydrogen-bond donors (Lipinski definition) is 1. The predicted molar refractivity (Wildman–Crippen MR) is 79.5 cm³/mol. The van der Waals surface area contributed by atoms with E-state index in [1.807, 2.05) is 6.07 Å². The van der Waals surface area contributed by atoms with E-state index in [0.29, 0.717) is 0 Å². The van der Waals surface area contributed by atoms with Gasteiger partial charge in [-0.1, -0.05) is 6.92 Å². The number of anilines is 1. The maximum Gasteiger partial charge on any atom is 0.133 e. The van der Waals surface area contributed by atoms with Crippen molar-refractivity contribution in [2.45, 2.75) is 19.8 Å². The van der Waals surface area contributed by atoms with Crippen molar-refractivity contribution < 1.29 is 5.11 Å². The van der Waals surface area contributed by atoms with Crippen LogP contribution in [0.5, 0.6) is 0 Å². The Kier molecular flexibility index (Phi) is 5.54. The Morgan fingerprint density at radius 2 is 2.00 bits per heavy atom. The van der Waals surface area contributed by atoms with Crippen molar-refractivity contribution >= 4 is 21.7 Å². The molecule has 5 nitrogen and oxygen atoms in total. The van der Waals surface area contributed by atoms with Gasteiger partial charge in [0.05, 0.1) is 6.61 Å². The summed E-state index contributed by atoms with van der Waals surface area (Å²) in [6.45, 7) is 7.00. The van der Waals surface area contributed by atoms with E-state index in [-0.39, 0.29) is 6.61 Å². The molecule has 1 N–H and O–H groups in total. The summed E-state index contributed by atoms with van der Waals surface area (Å²) in [5.74, 6) is 1.92. The minimum atomic E-state index is 0.236. The molecule has 0 bridgehead atoms. The maximum absolute atomic E-state index is 8.95. The van der Waals surface area contributed by atoms with E-state index in [2.05, 4.69) is 42.6 Å². The van der Waals surface area contributed by atoms with Gasteiger partial charge in [-0.25, -0.2) is 9.97 Å². The fourth-order valence-corrected chi connectivity index (χ4v) is 2.70. The second kappa shape index (κ2) is 7.17. The fourth-order valence-electron chi connectivity index (χ4n) is 2.29. The summed E-state index contributed by atoms with van der Waals surface area (Å²) in [6, 6.07) is 1.99. The van der Waals surface area contributed by atoms with Crippen LogP contribution in [0.1, 0.15) is 19.2 Å². The van der Waals surface area contributed by atoms with Crippen LogP contribution >= 0.6 is 15.9 Å². The SMILES string of the molecule is CCCc1nc(Br)cc(N2CCN(CCO)CC2)n1. The largest absolute Gasteiger partial charge is 0.395 e. The Hall–Kier alpha value is -0.720. The van der Waals surface area contributed by atoms with Crippen LogP contribution in [0, 0.1) is 0 Å². The normalized spacial score (nSPS) is 16.9. The first-order chi connectivity index (χ1) is 9.22. The second-order valence-electron chi connectivity index (χ2n) is 4.77. The van der Waals surface area contributed by atoms with Crippen molar-refractivity contribution in [3.05, 3.63) is 16.5 Å². The van der Waals surface area contributed by atoms with Gasteiger partial charge in [-0.3, -0.25) is 4.90 Å². The molecular weight excluding hydrogens is 308 g/mol. The summed E-state index contributed by atoms with van der Waals surface area (Å²) in [6.07, 6.45) is 1.97. The Bertz CT molecular complexity index is 408. The number of hydrogen-bond acceptors (Lipinski definition) is 5. The first-order valence-corrected chi connectivity index (χ1v) is 7.64. The van der Waals surface area contributed by atoms with Gasteiger partial charge in [0.1, 0.15) is 16.2 Å². The number of aromatic nitrogens is 2. The molecule has 1 aliphatic heterocycles. The highest BCUT2D eigenvalue weighted by Gasteiger charge is 2.18. The van der Waals surface area contributed by atoms with E-state index in [0.717, 1.165) is 61.8 Å². The summed E-state index contributed by atoms with van der Waals surface area (Å²) in [7, 11) is 0. The third-order valence-corrected chi connectivity index (χ3v) is 3.72. The molecule has 2 rings (SSSR count). The van der Waals surface area contributed by atoms with Crippen molar-refractivity contribution in [1.29, 1.82) is 0 Å². The van der Waals surface area contributed by atoms with Crippen molar-refractivity contribution in [3.8, 4) is 0 Å². The number of rotatable bonds is 5. The van der Waals surface area contributed by atoms with E-state index in [1.54, 1.807) is 0 Å². The molecule has 0 spiro atoms. The summed E-state index contributed by atoms with van der Waals surface area (Å²) < 4.78 is 0.860. The highest BCUT2D eigenvalue weighted by Crippen LogP contribution is 2.18. The van der Waals surface area contributed by atoms with Gasteiger partial charge in [0.15, 0.2) is 0 Å². The van der Waals surface area contributed by atoms with Crippen LogP contribution in [0.3, 0.4) is 0 Å². The summed E-state index contributed by atoms with van der Waals surface area (Å²) in [5.41, 5.74) is 0. The molecule has 1 aliphatic rings. The van der Waals surface area contributed by atoms with Crippen LogP contribution in [-0.4, -0.2) is 59.3 Å². The maximum atomic E-state index is 8.95. The Morgan fingerprint density at radius 3 is 2.63 bits per heavy atom. The zero-order chi connectivity index (χ0) is 13.7. The van der Waals surface area contributed by atoms with Gasteiger partial charge in [-0.2, -0.15) is 0 Å². The van der Waals surface area contributed by atoms with Crippen molar-refractivity contribution in [2.24, 2.45) is 0 Å². The average molecular weight is 329 g/mol. The zero-order valence-electron chi connectivity index (χ0n) is 11.3. The number of aliphatic hydroxyl groups excluding tert-OH is 1. The molecule has 2 heterocycles. The van der Waals surface area contributed by atoms with Gasteiger partial charge in [0, 0.05) is 45.2 Å². The number of piperazine rings is 1. The van der Waals surface area contributed by atoms with Crippen LogP contribution in [0.15, 0.2) is 10.7 Å². The molecule has 1 aromatic heterocycles. The first kappa shape index (κ1) is 14.7. The lowest BCUT2D eigenvalue weighted by molar-refractivity contribution is 0.188. The molecular formula is C13H21BrN4O. The molecule has 19 heavy (non-hydrogen) atoms. The Balaban J connectivity index is 2.02. The zero-order valence-corrected chi connectivity index (χ0v) is 12.9. The Labute approximate surface area is 122 Å². The smallest absolute Gasteiger partial charge is 0.133 e. The van der Waals surface area contributed by atoms with Crippen LogP contribution in [0.4, 0.5) is 5.82 Å². The van der Waals surface area contributed by atoms with Crippen molar-refractivity contribution in [2.75, 3.05) is 44.2 Å². The highest BCUT2D eigenvalue weighted by molar-refractivity contribution is 9.10. The average Bonchev–Trinajstić information content (AvgIpc) is 2.40. The summed E-state index contributed by atoms with van der Waals surface area (Å²) in [5, 5.41) is 8.95. The second-order valence-corrected chi connectivity index (χ2v) is 5.58. The number of β-amino-alcohol motifs (C(OH)–C–C–N with tert-alkyl or cyclic N) is 1. The lowest BCUT2D eigenvalue weighted by Gasteiger charge is -2.35. The van der Waals surface area contributed by atoms with E-state index in [4.69, 9.17) is 5.11 Å². The minimum Gasteiger partial charge on any atom is -0.395 e. The van der Waals surface area contributed by atoms with E-state index in [1.165, 1.54) is 0 Å². The molecule has 6 heteroatoms. The third kappa shape index (κ3) is 4.12. The number of aliphatic hydroxyl groups is 1. The topological polar surface area (TPSA) is 52.5 Å². The summed E-state index contributed by atoms with van der Waals surface area (Å²) >= 11 is 3.47.